The fourth-order valence-electron chi connectivity index (χ4n) is 3.13. The van der Waals surface area contributed by atoms with Crippen LogP contribution in [0.2, 0.25) is 0 Å². The lowest BCUT2D eigenvalue weighted by Crippen LogP contribution is -2.11. The molecule has 4 aromatic rings. The Bertz CT molecular complexity index is 1100. The average Bonchev–Trinajstić information content (AvgIpc) is 3.12. The summed E-state index contributed by atoms with van der Waals surface area (Å²) in [6, 6.07) is 25.4. The third-order valence-electron chi connectivity index (χ3n) is 4.40. The molecular weight excluding hydrogens is 382 g/mol. The molecule has 0 aliphatic heterocycles. The van der Waals surface area contributed by atoms with Gasteiger partial charge in [0.15, 0.2) is 5.16 Å². The lowest BCUT2D eigenvalue weighted by Gasteiger charge is -2.11. The van der Waals surface area contributed by atoms with Crippen molar-refractivity contribution < 1.29 is 9.90 Å². The van der Waals surface area contributed by atoms with E-state index in [1.165, 1.54) is 11.8 Å². The fraction of sp³-hybridized carbons (Fsp3) is 0.0870. The summed E-state index contributed by atoms with van der Waals surface area (Å²) in [4.78, 5) is 20.9. The first-order valence-electron chi connectivity index (χ1n) is 9.18. The van der Waals surface area contributed by atoms with Crippen molar-refractivity contribution in [2.45, 2.75) is 17.5 Å². The molecular formula is C23H19N3O2S. The highest BCUT2D eigenvalue weighted by atomic mass is 32.2. The number of hydrogen-bond donors (Lipinski definition) is 1. The number of hydrogen-bond acceptors (Lipinski definition) is 4. The average molecular weight is 401 g/mol. The van der Waals surface area contributed by atoms with Crippen molar-refractivity contribution in [3.05, 3.63) is 90.8 Å². The highest BCUT2D eigenvalue weighted by Crippen LogP contribution is 2.36. The Balaban J connectivity index is 1.84. The van der Waals surface area contributed by atoms with Crippen LogP contribution in [-0.2, 0) is 17.1 Å². The zero-order valence-corrected chi connectivity index (χ0v) is 16.4. The molecule has 0 unspecified atom stereocenters. The molecule has 1 N–H and O–H groups in total. The van der Waals surface area contributed by atoms with Gasteiger partial charge in [-0.2, -0.15) is 0 Å². The van der Waals surface area contributed by atoms with Crippen LogP contribution >= 0.6 is 11.8 Å². The Hall–Kier alpha value is -3.38. The minimum atomic E-state index is -0.904. The van der Waals surface area contributed by atoms with E-state index in [1.807, 2.05) is 78.9 Å². The van der Waals surface area contributed by atoms with Crippen molar-refractivity contribution in [1.82, 2.24) is 14.5 Å². The number of benzene rings is 2. The number of carbonyl (C=O) groups is 1. The lowest BCUT2D eigenvalue weighted by molar-refractivity contribution is -0.137. The Labute approximate surface area is 173 Å². The van der Waals surface area contributed by atoms with Gasteiger partial charge in [0.05, 0.1) is 17.1 Å². The zero-order valence-electron chi connectivity index (χ0n) is 15.6. The molecule has 4 rings (SSSR count). The molecule has 0 spiro atoms. The van der Waals surface area contributed by atoms with Gasteiger partial charge in [-0.1, -0.05) is 78.5 Å². The van der Waals surface area contributed by atoms with Crippen LogP contribution in [0.25, 0.3) is 22.5 Å². The van der Waals surface area contributed by atoms with E-state index < -0.39 is 5.97 Å². The largest absolute Gasteiger partial charge is 0.480 e. The SMILES string of the molecule is O=C(O)Cn1c(SCc2ccccn2)nc(-c2ccccc2)c1-c1ccccc1. The van der Waals surface area contributed by atoms with E-state index in [4.69, 9.17) is 4.98 Å². The normalized spacial score (nSPS) is 10.8. The van der Waals surface area contributed by atoms with Gasteiger partial charge in [-0.25, -0.2) is 4.98 Å². The quantitative estimate of drug-likeness (QED) is 0.442. The Kier molecular flexibility index (Phi) is 5.72. The molecule has 0 atom stereocenters. The highest BCUT2D eigenvalue weighted by Gasteiger charge is 2.22. The first-order valence-corrected chi connectivity index (χ1v) is 10.2. The van der Waals surface area contributed by atoms with Gasteiger partial charge in [-0.3, -0.25) is 9.78 Å². The molecule has 0 aliphatic carbocycles. The van der Waals surface area contributed by atoms with E-state index in [0.29, 0.717) is 10.9 Å². The minimum absolute atomic E-state index is 0.158. The Morgan fingerprint density at radius 3 is 2.17 bits per heavy atom. The number of imidazole rings is 1. The molecule has 0 bridgehead atoms. The van der Waals surface area contributed by atoms with Gasteiger partial charge in [-0.05, 0) is 12.1 Å². The number of thioether (sulfide) groups is 1. The number of aliphatic carboxylic acids is 1. The van der Waals surface area contributed by atoms with E-state index in [1.54, 1.807) is 10.8 Å². The lowest BCUT2D eigenvalue weighted by atomic mass is 10.0. The van der Waals surface area contributed by atoms with Gasteiger partial charge in [0, 0.05) is 23.1 Å². The van der Waals surface area contributed by atoms with Gasteiger partial charge in [0.2, 0.25) is 0 Å². The molecule has 0 aliphatic rings. The van der Waals surface area contributed by atoms with Crippen LogP contribution < -0.4 is 0 Å². The second-order valence-electron chi connectivity index (χ2n) is 6.41. The van der Waals surface area contributed by atoms with Gasteiger partial charge in [0.1, 0.15) is 6.54 Å². The maximum absolute atomic E-state index is 11.7. The van der Waals surface area contributed by atoms with Crippen LogP contribution in [0, 0.1) is 0 Å². The molecule has 5 nitrogen and oxygen atoms in total. The molecule has 0 fully saturated rings. The molecule has 144 valence electrons. The molecule has 29 heavy (non-hydrogen) atoms. The smallest absolute Gasteiger partial charge is 0.323 e. The Morgan fingerprint density at radius 1 is 0.897 bits per heavy atom. The minimum Gasteiger partial charge on any atom is -0.480 e. The monoisotopic (exact) mass is 401 g/mol. The van der Waals surface area contributed by atoms with Crippen molar-refractivity contribution in [1.29, 1.82) is 0 Å². The molecule has 0 amide bonds. The number of pyridine rings is 1. The summed E-state index contributed by atoms with van der Waals surface area (Å²) < 4.78 is 1.79. The topological polar surface area (TPSA) is 68.0 Å². The summed E-state index contributed by atoms with van der Waals surface area (Å²) in [5, 5.41) is 10.2. The van der Waals surface area contributed by atoms with Crippen molar-refractivity contribution >= 4 is 17.7 Å². The van der Waals surface area contributed by atoms with Crippen molar-refractivity contribution in [3.8, 4) is 22.5 Å². The molecule has 2 aromatic heterocycles. The molecule has 0 saturated heterocycles. The Morgan fingerprint density at radius 2 is 1.55 bits per heavy atom. The third-order valence-corrected chi connectivity index (χ3v) is 5.41. The van der Waals surface area contributed by atoms with Crippen LogP contribution in [0.4, 0.5) is 0 Å². The highest BCUT2D eigenvalue weighted by molar-refractivity contribution is 7.98. The predicted molar refractivity (Wildman–Crippen MR) is 115 cm³/mol. The number of rotatable bonds is 7. The summed E-state index contributed by atoms with van der Waals surface area (Å²) in [6.45, 7) is -0.158. The summed E-state index contributed by atoms with van der Waals surface area (Å²) in [7, 11) is 0. The van der Waals surface area contributed by atoms with Crippen LogP contribution in [0.3, 0.4) is 0 Å². The molecule has 0 saturated carbocycles. The second kappa shape index (κ2) is 8.75. The van der Waals surface area contributed by atoms with E-state index in [9.17, 15) is 9.90 Å². The standard InChI is InChI=1S/C23H19N3O2S/c27-20(28)15-26-22(18-11-5-2-6-12-18)21(17-9-3-1-4-10-17)25-23(26)29-16-19-13-7-8-14-24-19/h1-14H,15-16H2,(H,27,28). The number of aromatic nitrogens is 3. The van der Waals surface area contributed by atoms with Crippen molar-refractivity contribution in [2.24, 2.45) is 0 Å². The van der Waals surface area contributed by atoms with Crippen LogP contribution in [0.1, 0.15) is 5.69 Å². The number of nitrogens with zero attached hydrogens (tertiary/aromatic N) is 3. The van der Waals surface area contributed by atoms with Crippen molar-refractivity contribution in [2.75, 3.05) is 0 Å². The summed E-state index contributed by atoms with van der Waals surface area (Å²) in [5.41, 5.74) is 4.40. The molecule has 0 radical (unpaired) electrons. The van der Waals surface area contributed by atoms with Gasteiger partial charge < -0.3 is 9.67 Å². The number of carboxylic acids is 1. The first kappa shape index (κ1) is 19.0. The summed E-state index contributed by atoms with van der Waals surface area (Å²) in [6.07, 6.45) is 1.75. The maximum Gasteiger partial charge on any atom is 0.323 e. The van der Waals surface area contributed by atoms with Crippen molar-refractivity contribution in [3.63, 3.8) is 0 Å². The maximum atomic E-state index is 11.7. The van der Waals surface area contributed by atoms with Gasteiger partial charge in [0.25, 0.3) is 0 Å². The predicted octanol–water partition coefficient (Wildman–Crippen LogP) is 4.99. The molecule has 2 aromatic carbocycles. The molecule has 2 heterocycles. The van der Waals surface area contributed by atoms with Gasteiger partial charge >= 0.3 is 5.97 Å². The second-order valence-corrected chi connectivity index (χ2v) is 7.36. The third kappa shape index (κ3) is 4.38. The summed E-state index contributed by atoms with van der Waals surface area (Å²) >= 11 is 1.49. The number of carboxylic acid groups (broad SMARTS) is 1. The zero-order chi connectivity index (χ0) is 20.1. The van der Waals surface area contributed by atoms with Gasteiger partial charge in [-0.15, -0.1) is 0 Å². The van der Waals surface area contributed by atoms with Crippen LogP contribution in [0.15, 0.2) is 90.2 Å². The van der Waals surface area contributed by atoms with Crippen LogP contribution in [0.5, 0.6) is 0 Å². The van der Waals surface area contributed by atoms with E-state index in [-0.39, 0.29) is 6.54 Å². The summed E-state index contributed by atoms with van der Waals surface area (Å²) in [5.74, 6) is -0.293. The first-order chi connectivity index (χ1) is 14.2. The van der Waals surface area contributed by atoms with E-state index in [2.05, 4.69) is 4.98 Å². The van der Waals surface area contributed by atoms with E-state index >= 15 is 0 Å². The van der Waals surface area contributed by atoms with E-state index in [0.717, 1.165) is 28.2 Å². The van der Waals surface area contributed by atoms with Crippen LogP contribution in [-0.4, -0.2) is 25.6 Å². The molecule has 6 heteroatoms. The fourth-order valence-corrected chi connectivity index (χ4v) is 4.05.